The number of fused-ring (bicyclic) bond motifs is 1. The molecule has 3 rings (SSSR count). The van der Waals surface area contributed by atoms with Gasteiger partial charge in [-0.1, -0.05) is 0 Å². The summed E-state index contributed by atoms with van der Waals surface area (Å²) in [6, 6.07) is 8.28. The third-order valence-electron chi connectivity index (χ3n) is 4.58. The first-order chi connectivity index (χ1) is 13.9. The lowest BCUT2D eigenvalue weighted by Crippen LogP contribution is -2.35. The molecule has 1 aromatic carbocycles. The number of hydrogen-bond acceptors (Lipinski definition) is 5. The number of rotatable bonds is 7. The van der Waals surface area contributed by atoms with Gasteiger partial charge in [-0.25, -0.2) is 0 Å². The molecular formula is C20H22N4O4S. The molecule has 0 fully saturated rings. The first-order valence-corrected chi connectivity index (χ1v) is 10.1. The molecule has 0 saturated heterocycles. The Balaban J connectivity index is 1.44. The van der Waals surface area contributed by atoms with Crippen molar-refractivity contribution >= 4 is 40.7 Å². The van der Waals surface area contributed by atoms with Gasteiger partial charge >= 0.3 is 0 Å². The molecule has 2 heterocycles. The monoisotopic (exact) mass is 414 g/mol. The number of primary amides is 1. The lowest BCUT2D eigenvalue weighted by atomic mass is 10.1. The van der Waals surface area contributed by atoms with Crippen LogP contribution in [0, 0.1) is 0 Å². The molecule has 4 N–H and O–H groups in total. The van der Waals surface area contributed by atoms with Crippen LogP contribution in [0.15, 0.2) is 35.7 Å². The summed E-state index contributed by atoms with van der Waals surface area (Å²) in [5, 5.41) is 7.14. The smallest absolute Gasteiger partial charge is 0.251 e. The number of carbonyl (C=O) groups excluding carboxylic acids is 4. The number of nitrogens with zero attached hydrogens (tertiary/aromatic N) is 1. The molecular weight excluding hydrogens is 392 g/mol. The second-order valence-electron chi connectivity index (χ2n) is 6.71. The Morgan fingerprint density at radius 1 is 1.07 bits per heavy atom. The Hall–Kier alpha value is -3.20. The molecule has 0 atom stereocenters. The lowest BCUT2D eigenvalue weighted by molar-refractivity contribution is -0.133. The number of hydrogen-bond donors (Lipinski definition) is 3. The van der Waals surface area contributed by atoms with E-state index in [0.717, 1.165) is 6.42 Å². The number of anilines is 1. The molecule has 0 bridgehead atoms. The molecule has 1 aromatic heterocycles. The van der Waals surface area contributed by atoms with E-state index in [9.17, 15) is 19.2 Å². The van der Waals surface area contributed by atoms with E-state index >= 15 is 0 Å². The fourth-order valence-corrected chi connectivity index (χ4v) is 3.93. The van der Waals surface area contributed by atoms with Gasteiger partial charge < -0.3 is 21.3 Å². The van der Waals surface area contributed by atoms with E-state index in [2.05, 4.69) is 10.6 Å². The highest BCUT2D eigenvalue weighted by atomic mass is 32.1. The van der Waals surface area contributed by atoms with Gasteiger partial charge in [-0.05, 0) is 47.7 Å². The van der Waals surface area contributed by atoms with Crippen molar-refractivity contribution in [2.45, 2.75) is 25.8 Å². The highest BCUT2D eigenvalue weighted by Gasteiger charge is 2.21. The maximum absolute atomic E-state index is 12.4. The zero-order valence-corrected chi connectivity index (χ0v) is 16.6. The van der Waals surface area contributed by atoms with E-state index in [1.54, 1.807) is 28.4 Å². The standard InChI is InChI=1S/C20H22N4O4S/c21-17(25)11-22-20(28)13-1-3-15(4-2-13)23-18(26)5-6-19(27)24-9-7-16-14(12-24)8-10-29-16/h1-4,8,10H,5-7,9,11-12H2,(H2,21,25)(H,22,28)(H,23,26). The molecule has 0 aliphatic carbocycles. The summed E-state index contributed by atoms with van der Waals surface area (Å²) in [7, 11) is 0. The molecule has 8 nitrogen and oxygen atoms in total. The van der Waals surface area contributed by atoms with Gasteiger partial charge in [-0.15, -0.1) is 11.3 Å². The second-order valence-corrected chi connectivity index (χ2v) is 7.71. The zero-order valence-electron chi connectivity index (χ0n) is 15.8. The minimum atomic E-state index is -0.628. The number of thiophene rings is 1. The molecule has 0 spiro atoms. The van der Waals surface area contributed by atoms with Crippen LogP contribution in [-0.2, 0) is 27.3 Å². The summed E-state index contributed by atoms with van der Waals surface area (Å²) in [6.07, 6.45) is 1.11. The zero-order chi connectivity index (χ0) is 20.8. The van der Waals surface area contributed by atoms with Gasteiger partial charge in [0.05, 0.1) is 6.54 Å². The first-order valence-electron chi connectivity index (χ1n) is 9.22. The predicted octanol–water partition coefficient (Wildman–Crippen LogP) is 1.27. The largest absolute Gasteiger partial charge is 0.368 e. The van der Waals surface area contributed by atoms with Crippen molar-refractivity contribution in [3.05, 3.63) is 51.7 Å². The Labute approximate surface area is 172 Å². The van der Waals surface area contributed by atoms with Crippen LogP contribution in [0.3, 0.4) is 0 Å². The third-order valence-corrected chi connectivity index (χ3v) is 5.60. The van der Waals surface area contributed by atoms with Crippen molar-refractivity contribution < 1.29 is 19.2 Å². The molecule has 1 aliphatic rings. The van der Waals surface area contributed by atoms with E-state index in [-0.39, 0.29) is 31.2 Å². The van der Waals surface area contributed by atoms with Crippen LogP contribution in [0.4, 0.5) is 5.69 Å². The number of amides is 4. The van der Waals surface area contributed by atoms with Crippen LogP contribution in [0.25, 0.3) is 0 Å². The molecule has 0 radical (unpaired) electrons. The first kappa shape index (κ1) is 20.5. The van der Waals surface area contributed by atoms with Crippen LogP contribution in [-0.4, -0.2) is 41.6 Å². The Morgan fingerprint density at radius 2 is 1.83 bits per heavy atom. The van der Waals surface area contributed by atoms with Gasteiger partial charge in [0.2, 0.25) is 17.7 Å². The topological polar surface area (TPSA) is 122 Å². The van der Waals surface area contributed by atoms with Crippen LogP contribution in [0.1, 0.15) is 33.6 Å². The molecule has 9 heteroatoms. The Morgan fingerprint density at radius 3 is 2.55 bits per heavy atom. The average molecular weight is 414 g/mol. The molecule has 1 aliphatic heterocycles. The van der Waals surface area contributed by atoms with Crippen LogP contribution in [0.5, 0.6) is 0 Å². The van der Waals surface area contributed by atoms with Crippen molar-refractivity contribution in [2.24, 2.45) is 5.73 Å². The van der Waals surface area contributed by atoms with Gasteiger partial charge in [0.25, 0.3) is 5.91 Å². The molecule has 29 heavy (non-hydrogen) atoms. The summed E-state index contributed by atoms with van der Waals surface area (Å²) in [5.74, 6) is -1.35. The SMILES string of the molecule is NC(=O)CNC(=O)c1ccc(NC(=O)CCC(=O)N2CCc3sccc3C2)cc1. The number of carbonyl (C=O) groups is 4. The molecule has 152 valence electrons. The van der Waals surface area contributed by atoms with E-state index in [1.165, 1.54) is 22.6 Å². The van der Waals surface area contributed by atoms with Crippen molar-refractivity contribution in [3.8, 4) is 0 Å². The van der Waals surface area contributed by atoms with Gasteiger partial charge in [0.1, 0.15) is 0 Å². The summed E-state index contributed by atoms with van der Waals surface area (Å²) < 4.78 is 0. The van der Waals surface area contributed by atoms with Crippen molar-refractivity contribution in [2.75, 3.05) is 18.4 Å². The van der Waals surface area contributed by atoms with Crippen molar-refractivity contribution in [1.29, 1.82) is 0 Å². The van der Waals surface area contributed by atoms with Crippen LogP contribution in [0.2, 0.25) is 0 Å². The van der Waals surface area contributed by atoms with E-state index in [1.807, 2.05) is 11.4 Å². The minimum absolute atomic E-state index is 0.0292. The molecule has 2 aromatic rings. The van der Waals surface area contributed by atoms with Gasteiger partial charge in [0.15, 0.2) is 0 Å². The van der Waals surface area contributed by atoms with Crippen LogP contribution >= 0.6 is 11.3 Å². The number of nitrogens with one attached hydrogen (secondary N) is 2. The van der Waals surface area contributed by atoms with Gasteiger partial charge in [-0.3, -0.25) is 19.2 Å². The fourth-order valence-electron chi connectivity index (χ4n) is 3.04. The highest BCUT2D eigenvalue weighted by Crippen LogP contribution is 2.24. The Kier molecular flexibility index (Phi) is 6.61. The fraction of sp³-hybridized carbons (Fsp3) is 0.300. The maximum Gasteiger partial charge on any atom is 0.251 e. The second kappa shape index (κ2) is 9.33. The molecule has 0 saturated carbocycles. The number of nitrogens with two attached hydrogens (primary N) is 1. The summed E-state index contributed by atoms with van der Waals surface area (Å²) in [4.78, 5) is 50.2. The number of benzene rings is 1. The lowest BCUT2D eigenvalue weighted by Gasteiger charge is -2.27. The molecule has 4 amide bonds. The van der Waals surface area contributed by atoms with E-state index in [4.69, 9.17) is 5.73 Å². The predicted molar refractivity (Wildman–Crippen MR) is 109 cm³/mol. The van der Waals surface area contributed by atoms with Crippen molar-refractivity contribution in [1.82, 2.24) is 10.2 Å². The average Bonchev–Trinajstić information content (AvgIpc) is 3.18. The Bertz CT molecular complexity index is 923. The highest BCUT2D eigenvalue weighted by molar-refractivity contribution is 7.10. The van der Waals surface area contributed by atoms with Gasteiger partial charge in [0, 0.05) is 42.1 Å². The third kappa shape index (κ3) is 5.64. The van der Waals surface area contributed by atoms with Crippen LogP contribution < -0.4 is 16.4 Å². The minimum Gasteiger partial charge on any atom is -0.368 e. The van der Waals surface area contributed by atoms with Crippen molar-refractivity contribution in [3.63, 3.8) is 0 Å². The van der Waals surface area contributed by atoms with Gasteiger partial charge in [-0.2, -0.15) is 0 Å². The summed E-state index contributed by atoms with van der Waals surface area (Å²) in [6.45, 7) is 1.06. The summed E-state index contributed by atoms with van der Waals surface area (Å²) in [5.41, 5.74) is 7.04. The maximum atomic E-state index is 12.4. The normalized spacial score (nSPS) is 12.8. The quantitative estimate of drug-likeness (QED) is 0.631. The summed E-state index contributed by atoms with van der Waals surface area (Å²) >= 11 is 1.72. The molecule has 0 unspecified atom stereocenters. The van der Waals surface area contributed by atoms with E-state index in [0.29, 0.717) is 24.3 Å². The van der Waals surface area contributed by atoms with E-state index < -0.39 is 11.8 Å².